The maximum Gasteiger partial charge on any atom is 0.411 e. The number of carbonyl (C=O) groups excluding carboxylic acids is 1. The molecular weight excluding hydrogens is 322 g/mol. The van der Waals surface area contributed by atoms with E-state index in [1.165, 1.54) is 6.42 Å². The number of nitrogens with zero attached hydrogens (tertiary/aromatic N) is 2. The fraction of sp³-hybridized carbons (Fsp3) is 0.714. The van der Waals surface area contributed by atoms with Gasteiger partial charge in [0.2, 0.25) is 0 Å². The summed E-state index contributed by atoms with van der Waals surface area (Å²) in [4.78, 5) is 21.9. The van der Waals surface area contributed by atoms with E-state index in [1.54, 1.807) is 6.20 Å². The number of rotatable bonds is 1. The molecule has 20 heavy (non-hydrogen) atoms. The molecule has 0 aromatic carbocycles. The number of ether oxygens (including phenoxy) is 1. The van der Waals surface area contributed by atoms with Gasteiger partial charge in [-0.2, -0.15) is 0 Å². The lowest BCUT2D eigenvalue weighted by Gasteiger charge is -2.37. The van der Waals surface area contributed by atoms with E-state index in [0.717, 1.165) is 23.3 Å². The average molecular weight is 342 g/mol. The van der Waals surface area contributed by atoms with Crippen molar-refractivity contribution < 1.29 is 9.53 Å². The summed E-state index contributed by atoms with van der Waals surface area (Å²) in [5, 5.41) is 0. The number of likely N-dealkylation sites (tertiary alicyclic amines) is 1. The predicted molar refractivity (Wildman–Crippen MR) is 78.2 cm³/mol. The van der Waals surface area contributed by atoms with Crippen molar-refractivity contribution in [2.24, 2.45) is 5.92 Å². The lowest BCUT2D eigenvalue weighted by Crippen LogP contribution is -2.46. The van der Waals surface area contributed by atoms with E-state index >= 15 is 0 Å². The van der Waals surface area contributed by atoms with Crippen LogP contribution in [0.15, 0.2) is 10.8 Å². The van der Waals surface area contributed by atoms with E-state index < -0.39 is 5.60 Å². The van der Waals surface area contributed by atoms with Crippen molar-refractivity contribution >= 4 is 22.0 Å². The molecule has 6 heteroatoms. The highest BCUT2D eigenvalue weighted by Gasteiger charge is 2.51. The molecule has 2 fully saturated rings. The Balaban J connectivity index is 1.83. The number of hydrogen-bond acceptors (Lipinski definition) is 3. The number of halogens is 1. The van der Waals surface area contributed by atoms with Crippen LogP contribution in [0.3, 0.4) is 0 Å². The Morgan fingerprint density at radius 1 is 1.50 bits per heavy atom. The monoisotopic (exact) mass is 341 g/mol. The molecule has 0 unspecified atom stereocenters. The molecular formula is C14H20BrN3O2. The second-order valence-electron chi connectivity index (χ2n) is 6.66. The second-order valence-corrected chi connectivity index (χ2v) is 7.51. The molecule has 5 nitrogen and oxygen atoms in total. The molecule has 1 aliphatic carbocycles. The van der Waals surface area contributed by atoms with Gasteiger partial charge in [0.1, 0.15) is 16.0 Å². The fourth-order valence-corrected chi connectivity index (χ4v) is 3.43. The topological polar surface area (TPSA) is 58.2 Å². The molecule has 1 aromatic heterocycles. The Labute approximate surface area is 127 Å². The molecule has 1 amide bonds. The van der Waals surface area contributed by atoms with Crippen LogP contribution in [0.1, 0.15) is 51.9 Å². The second kappa shape index (κ2) is 4.76. The third kappa shape index (κ3) is 2.45. The summed E-state index contributed by atoms with van der Waals surface area (Å²) >= 11 is 3.38. The molecule has 0 radical (unpaired) electrons. The van der Waals surface area contributed by atoms with Gasteiger partial charge in [0.05, 0.1) is 12.2 Å². The van der Waals surface area contributed by atoms with Crippen LogP contribution in [0.25, 0.3) is 0 Å². The van der Waals surface area contributed by atoms with Gasteiger partial charge in [-0.05, 0) is 61.9 Å². The maximum atomic E-state index is 12.5. The Bertz CT molecular complexity index is 523. The molecule has 1 N–H and O–H groups in total. The minimum atomic E-state index is -0.465. The number of hydrogen-bond donors (Lipinski definition) is 1. The fourth-order valence-electron chi connectivity index (χ4n) is 3.13. The molecule has 1 saturated heterocycles. The molecule has 1 saturated carbocycles. The average Bonchev–Trinajstić information content (AvgIpc) is 2.79. The normalized spacial score (nSPS) is 29.0. The summed E-state index contributed by atoms with van der Waals surface area (Å²) in [6.45, 7) is 5.70. The lowest BCUT2D eigenvalue weighted by atomic mass is 9.80. The van der Waals surface area contributed by atoms with Crippen LogP contribution in [-0.2, 0) is 4.74 Å². The summed E-state index contributed by atoms with van der Waals surface area (Å²) in [5.41, 5.74) is -0.465. The molecule has 110 valence electrons. The van der Waals surface area contributed by atoms with Crippen molar-refractivity contribution in [2.75, 3.05) is 0 Å². The zero-order chi connectivity index (χ0) is 14.5. The molecule has 3 atom stereocenters. The van der Waals surface area contributed by atoms with Crippen molar-refractivity contribution in [3.05, 3.63) is 16.6 Å². The number of amides is 1. The highest BCUT2D eigenvalue weighted by Crippen LogP contribution is 2.49. The summed E-state index contributed by atoms with van der Waals surface area (Å²) in [5.74, 6) is 1.44. The summed E-state index contributed by atoms with van der Waals surface area (Å²) < 4.78 is 6.41. The van der Waals surface area contributed by atoms with Gasteiger partial charge >= 0.3 is 6.09 Å². The van der Waals surface area contributed by atoms with E-state index in [2.05, 4.69) is 25.9 Å². The number of H-pyrrole nitrogens is 1. The lowest BCUT2D eigenvalue weighted by molar-refractivity contribution is 0.00479. The van der Waals surface area contributed by atoms with Crippen LogP contribution in [0.5, 0.6) is 0 Å². The van der Waals surface area contributed by atoms with Crippen molar-refractivity contribution in [1.82, 2.24) is 14.9 Å². The van der Waals surface area contributed by atoms with Crippen LogP contribution < -0.4 is 0 Å². The summed E-state index contributed by atoms with van der Waals surface area (Å²) in [7, 11) is 0. The van der Waals surface area contributed by atoms with Gasteiger partial charge in [0.25, 0.3) is 0 Å². The minimum absolute atomic E-state index is 0.00801. The van der Waals surface area contributed by atoms with Crippen molar-refractivity contribution in [3.63, 3.8) is 0 Å². The van der Waals surface area contributed by atoms with E-state index in [0.29, 0.717) is 12.0 Å². The highest BCUT2D eigenvalue weighted by molar-refractivity contribution is 9.10. The first kappa shape index (κ1) is 13.9. The van der Waals surface area contributed by atoms with E-state index in [1.807, 2.05) is 25.7 Å². The first-order valence-corrected chi connectivity index (χ1v) is 7.86. The standard InChI is InChI=1S/C14H20BrN3O2/c1-14(2,3)20-13(19)18-9-5-4-8(9)6-10(18)12-16-7-11(15)17-12/h7-10H,4-6H2,1-3H3,(H,16,17)/t8-,9-,10-/m0/s1. The van der Waals surface area contributed by atoms with E-state index in [9.17, 15) is 4.79 Å². The zero-order valence-electron chi connectivity index (χ0n) is 12.0. The van der Waals surface area contributed by atoms with Crippen LogP contribution >= 0.6 is 15.9 Å². The number of fused-ring (bicyclic) bond motifs is 1. The maximum absolute atomic E-state index is 12.5. The number of nitrogens with one attached hydrogen (secondary N) is 1. The Morgan fingerprint density at radius 2 is 2.25 bits per heavy atom. The molecule has 1 aromatic rings. The molecule has 0 spiro atoms. The number of aromatic amines is 1. The number of imidazole rings is 1. The molecule has 2 heterocycles. The molecule has 0 bridgehead atoms. The van der Waals surface area contributed by atoms with Gasteiger partial charge in [-0.1, -0.05) is 0 Å². The first-order chi connectivity index (χ1) is 9.35. The van der Waals surface area contributed by atoms with Crippen molar-refractivity contribution in [1.29, 1.82) is 0 Å². The van der Waals surface area contributed by atoms with Gasteiger partial charge in [-0.25, -0.2) is 9.78 Å². The van der Waals surface area contributed by atoms with Gasteiger partial charge < -0.3 is 9.72 Å². The third-order valence-corrected chi connectivity index (χ3v) is 4.48. The van der Waals surface area contributed by atoms with Gasteiger partial charge in [0.15, 0.2) is 0 Å². The largest absolute Gasteiger partial charge is 0.444 e. The van der Waals surface area contributed by atoms with Gasteiger partial charge in [-0.15, -0.1) is 0 Å². The smallest absolute Gasteiger partial charge is 0.411 e. The van der Waals surface area contributed by atoms with Gasteiger partial charge in [-0.3, -0.25) is 4.90 Å². The molecule has 3 rings (SSSR count). The Hall–Kier alpha value is -1.04. The predicted octanol–water partition coefficient (Wildman–Crippen LogP) is 3.63. The van der Waals surface area contributed by atoms with Crippen molar-refractivity contribution in [2.45, 2.75) is 57.7 Å². The van der Waals surface area contributed by atoms with E-state index in [-0.39, 0.29) is 12.1 Å². The van der Waals surface area contributed by atoms with Crippen LogP contribution in [0, 0.1) is 5.92 Å². The highest BCUT2D eigenvalue weighted by atomic mass is 79.9. The van der Waals surface area contributed by atoms with Crippen LogP contribution in [0.2, 0.25) is 0 Å². The van der Waals surface area contributed by atoms with Crippen molar-refractivity contribution in [3.8, 4) is 0 Å². The number of carbonyl (C=O) groups is 1. The Morgan fingerprint density at radius 3 is 2.75 bits per heavy atom. The number of aromatic nitrogens is 2. The minimum Gasteiger partial charge on any atom is -0.444 e. The molecule has 1 aliphatic heterocycles. The zero-order valence-corrected chi connectivity index (χ0v) is 13.6. The van der Waals surface area contributed by atoms with E-state index in [4.69, 9.17) is 4.74 Å². The Kier molecular flexibility index (Phi) is 3.31. The molecule has 2 aliphatic rings. The van der Waals surface area contributed by atoms with Crippen LogP contribution in [-0.4, -0.2) is 32.6 Å². The SMILES string of the molecule is CC(C)(C)OC(=O)N1[C@H](c2ncc(Br)[nH]2)C[C@@H]2CC[C@@H]21. The van der Waals surface area contributed by atoms with Gasteiger partial charge in [0, 0.05) is 6.04 Å². The quantitative estimate of drug-likeness (QED) is 0.848. The third-order valence-electron chi connectivity index (χ3n) is 4.08. The summed E-state index contributed by atoms with van der Waals surface area (Å²) in [6.07, 6.45) is 4.76. The van der Waals surface area contributed by atoms with Crippen LogP contribution in [0.4, 0.5) is 4.79 Å². The summed E-state index contributed by atoms with van der Waals surface area (Å²) in [6, 6.07) is 0.326. The first-order valence-electron chi connectivity index (χ1n) is 7.07.